The third-order valence-electron chi connectivity index (χ3n) is 21.5. The zero-order valence-electron chi connectivity index (χ0n) is 73.3. The number of hydrogen-bond acceptors (Lipinski definition) is 8. The van der Waals surface area contributed by atoms with Gasteiger partial charge in [-0.25, -0.2) is 4.98 Å². The van der Waals surface area contributed by atoms with Crippen molar-refractivity contribution in [3.63, 3.8) is 0 Å². The number of pyridine rings is 1. The number of fused-ring (bicyclic) bond motifs is 2. The highest BCUT2D eigenvalue weighted by atomic mass is 32.1. The summed E-state index contributed by atoms with van der Waals surface area (Å²) in [6.45, 7) is 53.4. The molecule has 8 aromatic rings. The molecule has 4 aliphatic carbocycles. The second-order valence-electron chi connectivity index (χ2n) is 34.5. The monoisotopic (exact) mass is 1500 g/mol. The molecule has 0 atom stereocenters. The Kier molecular flexibility index (Phi) is 49.8. The van der Waals surface area contributed by atoms with E-state index < -0.39 is 0 Å². The molecule has 0 bridgehead atoms. The van der Waals surface area contributed by atoms with Crippen LogP contribution < -0.4 is 0 Å². The van der Waals surface area contributed by atoms with E-state index in [-0.39, 0.29) is 0 Å². The van der Waals surface area contributed by atoms with Gasteiger partial charge in [0.05, 0.1) is 12.6 Å². The third kappa shape index (κ3) is 41.9. The number of benzene rings is 4. The molecule has 2 aliphatic heterocycles. The predicted molar refractivity (Wildman–Crippen MR) is 483 cm³/mol. The van der Waals surface area contributed by atoms with E-state index in [0.29, 0.717) is 47.3 Å². The average molecular weight is 1500 g/mol. The molecule has 0 amide bonds. The summed E-state index contributed by atoms with van der Waals surface area (Å²) in [6.07, 6.45) is 36.2. The molecule has 0 spiro atoms. The van der Waals surface area contributed by atoms with Crippen LogP contribution in [-0.2, 0) is 12.8 Å². The summed E-state index contributed by atoms with van der Waals surface area (Å²) in [6, 6.07) is 50.7. The topological polar surface area (TPSA) is 104 Å². The van der Waals surface area contributed by atoms with Crippen LogP contribution in [0.1, 0.15) is 349 Å². The fourth-order valence-electron chi connectivity index (χ4n) is 13.5. The Labute approximate surface area is 672 Å². The van der Waals surface area contributed by atoms with Crippen LogP contribution in [0.25, 0.3) is 10.1 Å². The number of nitrogens with one attached hydrogen (secondary N) is 1. The zero-order valence-corrected chi connectivity index (χ0v) is 74.1. The minimum absolute atomic E-state index is 0.519. The van der Waals surface area contributed by atoms with Crippen LogP contribution in [0.3, 0.4) is 0 Å². The van der Waals surface area contributed by atoms with Crippen LogP contribution >= 0.6 is 11.3 Å². The number of furan rings is 1. The van der Waals surface area contributed by atoms with E-state index in [1.54, 1.807) is 23.7 Å². The molecule has 8 nitrogen and oxygen atoms in total. The number of imidazole rings is 1. The Morgan fingerprint density at radius 2 is 0.807 bits per heavy atom. The van der Waals surface area contributed by atoms with Crippen molar-refractivity contribution in [2.24, 2.45) is 79.6 Å². The quantitative estimate of drug-likeness (QED) is 0.132. The van der Waals surface area contributed by atoms with Crippen molar-refractivity contribution in [3.8, 4) is 0 Å². The van der Waals surface area contributed by atoms with Crippen molar-refractivity contribution in [3.05, 3.63) is 215 Å². The van der Waals surface area contributed by atoms with Gasteiger partial charge < -0.3 is 9.40 Å². The minimum atomic E-state index is 0.519. The average Bonchev–Trinajstić information content (AvgIpc) is 1.70. The molecule has 6 heterocycles. The predicted octanol–water partition coefficient (Wildman–Crippen LogP) is 31.1. The van der Waals surface area contributed by atoms with Gasteiger partial charge in [0.2, 0.25) is 0 Å². The summed E-state index contributed by atoms with van der Waals surface area (Å²) in [4.78, 5) is 12.6. The summed E-state index contributed by atoms with van der Waals surface area (Å²) in [7, 11) is 0. The molecular formula is C100H155N7OS. The van der Waals surface area contributed by atoms with Crippen molar-refractivity contribution < 1.29 is 4.42 Å². The van der Waals surface area contributed by atoms with Gasteiger partial charge in [0.15, 0.2) is 0 Å². The van der Waals surface area contributed by atoms with E-state index >= 15 is 0 Å². The van der Waals surface area contributed by atoms with Gasteiger partial charge in [0.25, 0.3) is 0 Å². The molecule has 4 aromatic carbocycles. The first-order valence-electron chi connectivity index (χ1n) is 42.8. The van der Waals surface area contributed by atoms with Gasteiger partial charge in [-0.05, 0) is 166 Å². The fourth-order valence-corrected chi connectivity index (χ4v) is 14.5. The van der Waals surface area contributed by atoms with E-state index in [4.69, 9.17) is 4.42 Å². The molecule has 1 N–H and O–H groups in total. The standard InChI is InChI=1S/C12H16.C11H12S.2C9H18.2C9H12.C8H11N.C8H16.C7H10O.3C6H10N2/c1-9(2)12-7-10-5-3-4-6-11(10)8-12;1-8(2)11-7-9-5-3-4-6-10(9)12-11;4*1-8(2)9-6-4-3-5-7-9;1-7(2)8-5-3-4-6-9-8;1-7(2)8-5-3-4-6-8;1-6(2)7-4-3-5-8-7;1-5(2)6-3-7-4-8-6;2*1-5(2)6-3-4-7-8-6/h3-6,9,12H,7-8H2,1-2H3;3-8H,1-2H3;2*8-9H,3-7H2,1-2H3;2*3-8H,1-2H3;3-7H,1-2H3;7-8H,3-6H2,1-2H3;3-6H,1-2H3;3-5H,1-2H3,(H,7,8);2*4-5H,3H2,1-2H3. The molecule has 4 aromatic heterocycles. The zero-order chi connectivity index (χ0) is 80.5. The lowest BCUT2D eigenvalue weighted by molar-refractivity contribution is 0.279. The van der Waals surface area contributed by atoms with Gasteiger partial charge in [0, 0.05) is 76.0 Å². The van der Waals surface area contributed by atoms with Crippen LogP contribution in [0.2, 0.25) is 0 Å². The molecule has 0 radical (unpaired) electrons. The second kappa shape index (κ2) is 56.4. The fraction of sp³-hybridized carbons (Fsp3) is 0.580. The SMILES string of the molecule is CC(C)C1=NN=CC1.CC(C)C1=NN=CC1.CC(C)C1CCCC1.CC(C)C1CCCCC1.CC(C)C1CCCCC1.CC(C)C1Cc2ccccc2C1.CC(C)c1cc2ccccc2s1.CC(C)c1ccccc1.CC(C)c1ccccc1.CC(C)c1ccccn1.CC(C)c1ccco1.CC(C)c1cnc[nH]1. The number of hydrogen-bond donors (Lipinski definition) is 1. The number of nitrogens with zero attached hydrogens (tertiary/aromatic N) is 6. The highest BCUT2D eigenvalue weighted by Gasteiger charge is 2.23. The summed E-state index contributed by atoms with van der Waals surface area (Å²) in [5, 5.41) is 16.7. The summed E-state index contributed by atoms with van der Waals surface area (Å²) in [5.74, 6) is 13.5. The van der Waals surface area contributed by atoms with Crippen LogP contribution in [0, 0.1) is 59.2 Å². The van der Waals surface area contributed by atoms with E-state index in [0.717, 1.165) is 71.6 Å². The van der Waals surface area contributed by atoms with Crippen LogP contribution in [-0.4, -0.2) is 38.8 Å². The Hall–Kier alpha value is -6.84. The number of aromatic nitrogens is 3. The molecule has 109 heavy (non-hydrogen) atoms. The Morgan fingerprint density at radius 3 is 1.07 bits per heavy atom. The lowest BCUT2D eigenvalue weighted by Gasteiger charge is -2.24. The maximum atomic E-state index is 5.09. The van der Waals surface area contributed by atoms with Crippen molar-refractivity contribution in [1.82, 2.24) is 15.0 Å². The van der Waals surface area contributed by atoms with Gasteiger partial charge in [-0.15, -0.1) is 11.3 Å². The van der Waals surface area contributed by atoms with Crippen molar-refractivity contribution in [2.75, 3.05) is 0 Å². The summed E-state index contributed by atoms with van der Waals surface area (Å²) >= 11 is 1.91. The normalized spacial score (nSPS) is 15.2. The largest absolute Gasteiger partial charge is 0.469 e. The smallest absolute Gasteiger partial charge is 0.106 e. The first-order chi connectivity index (χ1) is 52.1. The summed E-state index contributed by atoms with van der Waals surface area (Å²) in [5.41, 5.74) is 10.7. The molecule has 3 saturated carbocycles. The van der Waals surface area contributed by atoms with Crippen LogP contribution in [0.4, 0.5) is 0 Å². The van der Waals surface area contributed by atoms with Crippen molar-refractivity contribution in [2.45, 2.75) is 317 Å². The second-order valence-corrected chi connectivity index (χ2v) is 35.6. The lowest BCUT2D eigenvalue weighted by Crippen LogP contribution is -2.12. The molecular weight excluding hydrogens is 1350 g/mol. The van der Waals surface area contributed by atoms with Crippen molar-refractivity contribution >= 4 is 45.3 Å². The van der Waals surface area contributed by atoms with E-state index in [1.165, 1.54) is 146 Å². The molecule has 6 aliphatic rings. The molecule has 14 rings (SSSR count). The maximum Gasteiger partial charge on any atom is 0.106 e. The molecule has 9 heteroatoms. The Bertz CT molecular complexity index is 3310. The highest BCUT2D eigenvalue weighted by Crippen LogP contribution is 2.34. The minimum Gasteiger partial charge on any atom is -0.469 e. The first kappa shape index (κ1) is 96.4. The van der Waals surface area contributed by atoms with Crippen LogP contribution in [0.5, 0.6) is 0 Å². The van der Waals surface area contributed by atoms with E-state index in [9.17, 15) is 0 Å². The number of thiophene rings is 1. The van der Waals surface area contributed by atoms with Gasteiger partial charge in [-0.2, -0.15) is 20.4 Å². The van der Waals surface area contributed by atoms with Gasteiger partial charge in [0.1, 0.15) is 5.76 Å². The van der Waals surface area contributed by atoms with Crippen molar-refractivity contribution in [1.29, 1.82) is 0 Å². The number of rotatable bonds is 12. The van der Waals surface area contributed by atoms with Gasteiger partial charge in [-0.1, -0.05) is 365 Å². The first-order valence-corrected chi connectivity index (χ1v) is 43.6. The van der Waals surface area contributed by atoms with Crippen LogP contribution in [0.15, 0.2) is 195 Å². The molecule has 602 valence electrons. The number of H-pyrrole nitrogens is 1. The third-order valence-corrected chi connectivity index (χ3v) is 22.9. The number of aromatic amines is 1. The Balaban J connectivity index is 0.000000309. The molecule has 0 saturated heterocycles. The summed E-state index contributed by atoms with van der Waals surface area (Å²) < 4.78 is 6.50. The van der Waals surface area contributed by atoms with Gasteiger partial charge in [-0.3, -0.25) is 4.98 Å². The van der Waals surface area contributed by atoms with E-state index in [1.807, 2.05) is 78.6 Å². The Morgan fingerprint density at radius 1 is 0.385 bits per heavy atom. The van der Waals surface area contributed by atoms with E-state index in [2.05, 4.69) is 305 Å². The lowest BCUT2D eigenvalue weighted by atomic mass is 9.82. The van der Waals surface area contributed by atoms with Gasteiger partial charge >= 0.3 is 0 Å². The molecule has 0 unspecified atom stereocenters. The molecule has 3 fully saturated rings. The highest BCUT2D eigenvalue weighted by molar-refractivity contribution is 7.19. The maximum absolute atomic E-state index is 5.09.